The van der Waals surface area contributed by atoms with Crippen molar-refractivity contribution in [3.63, 3.8) is 0 Å². The summed E-state index contributed by atoms with van der Waals surface area (Å²) < 4.78 is 5.86. The Morgan fingerprint density at radius 2 is 1.75 bits per heavy atom. The maximum absolute atomic E-state index is 13.0. The number of aryl methyl sites for hydroxylation is 3. The van der Waals surface area contributed by atoms with Crippen molar-refractivity contribution in [2.45, 2.75) is 52.1 Å². The molecule has 1 aliphatic heterocycles. The van der Waals surface area contributed by atoms with Crippen LogP contribution in [0.4, 0.5) is 0 Å². The number of nitrogens with two attached hydrogens (primary N) is 1. The van der Waals surface area contributed by atoms with Gasteiger partial charge in [0, 0.05) is 12.0 Å². The molecule has 1 amide bonds. The van der Waals surface area contributed by atoms with E-state index in [1.54, 1.807) is 0 Å². The number of fused-ring (bicyclic) bond motifs is 1. The summed E-state index contributed by atoms with van der Waals surface area (Å²) in [6.45, 7) is 6.85. The monoisotopic (exact) mass is 428 g/mol. The normalized spacial score (nSPS) is 16.1. The number of amides is 1. The molecule has 0 unspecified atom stereocenters. The molecule has 4 nitrogen and oxygen atoms in total. The van der Waals surface area contributed by atoms with Crippen LogP contribution in [0.2, 0.25) is 0 Å². The second kappa shape index (κ2) is 9.58. The zero-order valence-corrected chi connectivity index (χ0v) is 19.2. The molecule has 3 aromatic rings. The van der Waals surface area contributed by atoms with Crippen molar-refractivity contribution in [2.24, 2.45) is 5.73 Å². The number of carbonyl (C=O) groups is 1. The number of nitrogens with one attached hydrogen (secondary N) is 1. The predicted octanol–water partition coefficient (Wildman–Crippen LogP) is 4.71. The van der Waals surface area contributed by atoms with Gasteiger partial charge in [0.25, 0.3) is 0 Å². The van der Waals surface area contributed by atoms with Crippen molar-refractivity contribution < 1.29 is 9.53 Å². The van der Waals surface area contributed by atoms with Gasteiger partial charge in [-0.1, -0.05) is 54.1 Å². The summed E-state index contributed by atoms with van der Waals surface area (Å²) in [7, 11) is 0. The van der Waals surface area contributed by atoms with Crippen LogP contribution < -0.4 is 15.8 Å². The van der Waals surface area contributed by atoms with E-state index in [1.165, 1.54) is 27.8 Å². The molecular formula is C28H32N2O2. The molecule has 2 atom stereocenters. The van der Waals surface area contributed by atoms with Gasteiger partial charge in [-0.15, -0.1) is 0 Å². The average molecular weight is 429 g/mol. The molecule has 1 aliphatic rings. The van der Waals surface area contributed by atoms with Crippen LogP contribution in [0.1, 0.15) is 51.4 Å². The fraction of sp³-hybridized carbons (Fsp3) is 0.321. The Morgan fingerprint density at radius 3 is 2.47 bits per heavy atom. The van der Waals surface area contributed by atoms with Gasteiger partial charge in [0.2, 0.25) is 5.91 Å². The van der Waals surface area contributed by atoms with Gasteiger partial charge >= 0.3 is 0 Å². The molecule has 0 bridgehead atoms. The molecule has 1 heterocycles. The molecular weight excluding hydrogens is 396 g/mol. The number of benzene rings is 3. The third-order valence-electron chi connectivity index (χ3n) is 6.28. The zero-order chi connectivity index (χ0) is 22.7. The van der Waals surface area contributed by atoms with Crippen LogP contribution in [0.15, 0.2) is 60.7 Å². The SMILES string of the molecule is Cc1cc(C)c(C[C@H](N)C(=O)N[C@@H]2CCOc3ccc(Cc4ccccc4)cc32)c(C)c1. The zero-order valence-electron chi connectivity index (χ0n) is 19.2. The minimum atomic E-state index is -0.589. The fourth-order valence-electron chi connectivity index (χ4n) is 4.66. The van der Waals surface area contributed by atoms with E-state index in [-0.39, 0.29) is 11.9 Å². The molecule has 0 saturated carbocycles. The van der Waals surface area contributed by atoms with Gasteiger partial charge in [-0.05, 0) is 73.6 Å². The van der Waals surface area contributed by atoms with E-state index in [4.69, 9.17) is 10.5 Å². The van der Waals surface area contributed by atoms with E-state index in [9.17, 15) is 4.79 Å². The highest BCUT2D eigenvalue weighted by molar-refractivity contribution is 5.82. The van der Waals surface area contributed by atoms with E-state index in [1.807, 2.05) is 12.1 Å². The van der Waals surface area contributed by atoms with Gasteiger partial charge in [0.05, 0.1) is 18.7 Å². The lowest BCUT2D eigenvalue weighted by Gasteiger charge is -2.28. The summed E-state index contributed by atoms with van der Waals surface area (Å²) in [6.07, 6.45) is 2.12. The Hall–Kier alpha value is -3.11. The van der Waals surface area contributed by atoms with Gasteiger partial charge in [0.1, 0.15) is 5.75 Å². The average Bonchev–Trinajstić information content (AvgIpc) is 2.77. The van der Waals surface area contributed by atoms with E-state index >= 15 is 0 Å². The molecule has 166 valence electrons. The van der Waals surface area contributed by atoms with Crippen molar-refractivity contribution in [1.82, 2.24) is 5.32 Å². The minimum absolute atomic E-state index is 0.0896. The van der Waals surface area contributed by atoms with E-state index in [0.29, 0.717) is 13.0 Å². The van der Waals surface area contributed by atoms with Crippen LogP contribution >= 0.6 is 0 Å². The van der Waals surface area contributed by atoms with Crippen LogP contribution in [0.3, 0.4) is 0 Å². The summed E-state index contributed by atoms with van der Waals surface area (Å²) >= 11 is 0. The third kappa shape index (κ3) is 5.03. The molecule has 3 aromatic carbocycles. The second-order valence-electron chi connectivity index (χ2n) is 8.92. The highest BCUT2D eigenvalue weighted by Gasteiger charge is 2.26. The van der Waals surface area contributed by atoms with Crippen molar-refractivity contribution >= 4 is 5.91 Å². The van der Waals surface area contributed by atoms with Crippen LogP contribution in [0.5, 0.6) is 5.75 Å². The van der Waals surface area contributed by atoms with Crippen molar-refractivity contribution in [1.29, 1.82) is 0 Å². The lowest BCUT2D eigenvalue weighted by molar-refractivity contribution is -0.123. The van der Waals surface area contributed by atoms with Gasteiger partial charge in [-0.3, -0.25) is 4.79 Å². The largest absolute Gasteiger partial charge is 0.493 e. The lowest BCUT2D eigenvalue weighted by Crippen LogP contribution is -2.44. The maximum atomic E-state index is 13.0. The summed E-state index contributed by atoms with van der Waals surface area (Å²) in [4.78, 5) is 13.0. The lowest BCUT2D eigenvalue weighted by atomic mass is 9.93. The number of hydrogen-bond acceptors (Lipinski definition) is 3. The molecule has 0 radical (unpaired) electrons. The Bertz CT molecular complexity index is 1080. The fourth-order valence-corrected chi connectivity index (χ4v) is 4.66. The van der Waals surface area contributed by atoms with Gasteiger partial charge in [0.15, 0.2) is 0 Å². The van der Waals surface area contributed by atoms with Crippen LogP contribution in [0, 0.1) is 20.8 Å². The molecule has 0 aromatic heterocycles. The molecule has 0 aliphatic carbocycles. The maximum Gasteiger partial charge on any atom is 0.237 e. The molecule has 0 spiro atoms. The van der Waals surface area contributed by atoms with Gasteiger partial charge in [-0.25, -0.2) is 0 Å². The van der Waals surface area contributed by atoms with E-state index < -0.39 is 6.04 Å². The van der Waals surface area contributed by atoms with Gasteiger partial charge in [-0.2, -0.15) is 0 Å². The Balaban J connectivity index is 1.48. The third-order valence-corrected chi connectivity index (χ3v) is 6.28. The van der Waals surface area contributed by atoms with Crippen LogP contribution in [-0.2, 0) is 17.6 Å². The Morgan fingerprint density at radius 1 is 1.03 bits per heavy atom. The first-order chi connectivity index (χ1) is 15.4. The van der Waals surface area contributed by atoms with Crippen LogP contribution in [0.25, 0.3) is 0 Å². The van der Waals surface area contributed by atoms with Crippen molar-refractivity contribution in [3.8, 4) is 5.75 Å². The highest BCUT2D eigenvalue weighted by atomic mass is 16.5. The summed E-state index contributed by atoms with van der Waals surface area (Å²) in [5.74, 6) is 0.729. The summed E-state index contributed by atoms with van der Waals surface area (Å²) in [5, 5.41) is 3.19. The number of rotatable bonds is 6. The van der Waals surface area contributed by atoms with E-state index in [2.05, 4.69) is 74.6 Å². The van der Waals surface area contributed by atoms with Crippen LogP contribution in [-0.4, -0.2) is 18.6 Å². The number of carbonyl (C=O) groups excluding carboxylic acids is 1. The molecule has 4 heteroatoms. The second-order valence-corrected chi connectivity index (χ2v) is 8.92. The first-order valence-corrected chi connectivity index (χ1v) is 11.3. The number of hydrogen-bond donors (Lipinski definition) is 2. The number of ether oxygens (including phenoxy) is 1. The topological polar surface area (TPSA) is 64.4 Å². The quantitative estimate of drug-likeness (QED) is 0.597. The van der Waals surface area contributed by atoms with E-state index in [0.717, 1.165) is 29.7 Å². The highest BCUT2D eigenvalue weighted by Crippen LogP contribution is 2.33. The molecule has 0 fully saturated rings. The Labute approximate surface area is 190 Å². The standard InChI is InChI=1S/C28H32N2O2/c1-18-13-19(2)23(20(3)14-18)17-25(29)28(31)30-26-11-12-32-27-10-9-22(16-24(26)27)15-21-7-5-4-6-8-21/h4-10,13-14,16,25-26H,11-12,15,17,29H2,1-3H3,(H,30,31)/t25-,26+/m0/s1. The minimum Gasteiger partial charge on any atom is -0.493 e. The summed E-state index contributed by atoms with van der Waals surface area (Å²) in [5.41, 5.74) is 14.6. The molecule has 4 rings (SSSR count). The molecule has 3 N–H and O–H groups in total. The van der Waals surface area contributed by atoms with Crippen molar-refractivity contribution in [3.05, 3.63) is 99.6 Å². The summed E-state index contributed by atoms with van der Waals surface area (Å²) in [6, 6.07) is 20.3. The van der Waals surface area contributed by atoms with Crippen molar-refractivity contribution in [2.75, 3.05) is 6.61 Å². The Kier molecular flexibility index (Phi) is 6.61. The predicted molar refractivity (Wildman–Crippen MR) is 129 cm³/mol. The first-order valence-electron chi connectivity index (χ1n) is 11.3. The molecule has 32 heavy (non-hydrogen) atoms. The molecule has 0 saturated heterocycles. The smallest absolute Gasteiger partial charge is 0.237 e. The van der Waals surface area contributed by atoms with Gasteiger partial charge < -0.3 is 15.8 Å². The first kappa shape index (κ1) is 22.1.